The molecule has 0 amide bonds. The number of Topliss-reactive ketones (excluding diaryl/α,β-unsaturated/α-hetero) is 1. The Kier molecular flexibility index (Phi) is 5.68. The number of fused-ring (bicyclic) bond motifs is 5. The van der Waals surface area contributed by atoms with E-state index >= 15 is 4.39 Å². The van der Waals surface area contributed by atoms with Crippen molar-refractivity contribution in [2.75, 3.05) is 6.61 Å². The van der Waals surface area contributed by atoms with Gasteiger partial charge in [-0.25, -0.2) is 4.39 Å². The molecule has 0 aromatic carbocycles. The Bertz CT molecular complexity index is 811. The van der Waals surface area contributed by atoms with Gasteiger partial charge in [0.05, 0.1) is 6.10 Å². The van der Waals surface area contributed by atoms with E-state index in [4.69, 9.17) is 0 Å². The molecule has 0 spiro atoms. The first-order valence-corrected chi connectivity index (χ1v) is 10.1. The summed E-state index contributed by atoms with van der Waals surface area (Å²) >= 11 is 0. The summed E-state index contributed by atoms with van der Waals surface area (Å²) in [6, 6.07) is 0. The number of hydrogen-bond acceptors (Lipinski definition) is 5. The van der Waals surface area contributed by atoms with Gasteiger partial charge < -0.3 is 15.3 Å². The monoisotopic (exact) mass is 416 g/mol. The van der Waals surface area contributed by atoms with Gasteiger partial charge in [0.2, 0.25) is 0 Å². The van der Waals surface area contributed by atoms with Crippen molar-refractivity contribution in [1.82, 2.24) is 0 Å². The maximum absolute atomic E-state index is 16.9. The van der Waals surface area contributed by atoms with Crippen LogP contribution in [0.2, 0.25) is 0 Å². The molecule has 3 saturated carbocycles. The van der Waals surface area contributed by atoms with E-state index in [-0.39, 0.29) is 47.7 Å². The molecule has 0 aromatic heterocycles. The fraction of sp³-hybridized carbons (Fsp3) is 0.727. The van der Waals surface area contributed by atoms with Crippen LogP contribution in [0.15, 0.2) is 23.8 Å². The van der Waals surface area contributed by atoms with Gasteiger partial charge in [-0.3, -0.25) is 9.59 Å². The van der Waals surface area contributed by atoms with Gasteiger partial charge in [0, 0.05) is 16.7 Å². The molecule has 4 aliphatic rings. The molecular formula is C22H30FNaO5. The summed E-state index contributed by atoms with van der Waals surface area (Å²) < 4.78 is 16.9. The summed E-state index contributed by atoms with van der Waals surface area (Å²) in [5.41, 5.74) is -5.17. The second-order valence-corrected chi connectivity index (χ2v) is 9.75. The number of aliphatic hydroxyl groups is 3. The third kappa shape index (κ3) is 2.60. The van der Waals surface area contributed by atoms with E-state index in [1.807, 2.05) is 0 Å². The fourth-order valence-electron chi connectivity index (χ4n) is 7.26. The van der Waals surface area contributed by atoms with Crippen LogP contribution < -0.4 is 0 Å². The first-order valence-electron chi connectivity index (χ1n) is 10.1. The summed E-state index contributed by atoms with van der Waals surface area (Å²) in [6.45, 7) is 4.48. The predicted molar refractivity (Wildman–Crippen MR) is 107 cm³/mol. The van der Waals surface area contributed by atoms with Crippen LogP contribution in [0.3, 0.4) is 0 Å². The van der Waals surface area contributed by atoms with E-state index in [1.54, 1.807) is 26.8 Å². The van der Waals surface area contributed by atoms with E-state index in [1.165, 1.54) is 12.2 Å². The van der Waals surface area contributed by atoms with Gasteiger partial charge in [-0.15, -0.1) is 0 Å². The molecule has 29 heavy (non-hydrogen) atoms. The van der Waals surface area contributed by atoms with Crippen LogP contribution >= 0.6 is 0 Å². The zero-order valence-corrected chi connectivity index (χ0v) is 16.6. The van der Waals surface area contributed by atoms with Gasteiger partial charge >= 0.3 is 29.6 Å². The molecule has 156 valence electrons. The number of aliphatic hydroxyl groups excluding tert-OH is 2. The van der Waals surface area contributed by atoms with Crippen molar-refractivity contribution in [3.63, 3.8) is 0 Å². The molecule has 0 radical (unpaired) electrons. The first kappa shape index (κ1) is 23.3. The van der Waals surface area contributed by atoms with Gasteiger partial charge in [0.15, 0.2) is 17.2 Å². The molecule has 0 aromatic rings. The summed E-state index contributed by atoms with van der Waals surface area (Å²) in [5.74, 6) is -2.12. The summed E-state index contributed by atoms with van der Waals surface area (Å²) in [4.78, 5) is 24.4. The Labute approximate surface area is 192 Å². The van der Waals surface area contributed by atoms with Crippen LogP contribution in [-0.2, 0) is 9.59 Å². The van der Waals surface area contributed by atoms with E-state index in [0.717, 1.165) is 0 Å². The molecule has 0 saturated heterocycles. The number of halogens is 1. The average molecular weight is 416 g/mol. The van der Waals surface area contributed by atoms with Crippen molar-refractivity contribution in [3.05, 3.63) is 23.8 Å². The van der Waals surface area contributed by atoms with E-state index in [9.17, 15) is 24.9 Å². The van der Waals surface area contributed by atoms with Crippen molar-refractivity contribution >= 4 is 41.1 Å². The van der Waals surface area contributed by atoms with Crippen LogP contribution in [-0.4, -0.2) is 80.4 Å². The number of allylic oxidation sites excluding steroid dienone is 4. The summed E-state index contributed by atoms with van der Waals surface area (Å²) in [6.07, 6.45) is 4.44. The van der Waals surface area contributed by atoms with Crippen molar-refractivity contribution in [2.45, 2.75) is 63.8 Å². The molecule has 1 unspecified atom stereocenters. The third-order valence-electron chi connectivity index (χ3n) is 8.79. The van der Waals surface area contributed by atoms with Gasteiger partial charge in [0.1, 0.15) is 12.2 Å². The molecule has 4 rings (SSSR count). The van der Waals surface area contributed by atoms with Crippen molar-refractivity contribution in [2.24, 2.45) is 28.6 Å². The SMILES string of the molecule is C[C@@H]1CC2[C@H]3CCC4=CC(=O)C=C[C@]4(C)[C@@]3(F)[C@@H](O)C[C@]2(C)[C@@]1(O)C(=O)CO.[NaH]. The van der Waals surface area contributed by atoms with Crippen LogP contribution in [0.5, 0.6) is 0 Å². The Morgan fingerprint density at radius 2 is 1.97 bits per heavy atom. The Hall–Kier alpha value is -0.370. The van der Waals surface area contributed by atoms with Crippen LogP contribution in [0.4, 0.5) is 4.39 Å². The quantitative estimate of drug-likeness (QED) is 0.589. The van der Waals surface area contributed by atoms with Crippen molar-refractivity contribution in [1.29, 1.82) is 0 Å². The minimum atomic E-state index is -1.98. The first-order chi connectivity index (χ1) is 13.0. The van der Waals surface area contributed by atoms with Crippen molar-refractivity contribution < 1.29 is 29.3 Å². The normalized spacial score (nSPS) is 50.7. The van der Waals surface area contributed by atoms with E-state index in [2.05, 4.69) is 0 Å². The number of ketones is 2. The van der Waals surface area contributed by atoms with Gasteiger partial charge in [0.25, 0.3) is 0 Å². The third-order valence-corrected chi connectivity index (χ3v) is 8.79. The Morgan fingerprint density at radius 3 is 2.59 bits per heavy atom. The topological polar surface area (TPSA) is 94.8 Å². The minimum absolute atomic E-state index is 0. The number of alkyl halides is 1. The number of hydrogen-bond donors (Lipinski definition) is 3. The van der Waals surface area contributed by atoms with Crippen LogP contribution in [0.1, 0.15) is 46.5 Å². The van der Waals surface area contributed by atoms with Crippen LogP contribution in [0, 0.1) is 28.6 Å². The molecule has 0 heterocycles. The molecule has 0 bridgehead atoms. The van der Waals surface area contributed by atoms with Crippen LogP contribution in [0.25, 0.3) is 0 Å². The second kappa shape index (κ2) is 7.07. The Morgan fingerprint density at radius 1 is 1.31 bits per heavy atom. The predicted octanol–water partition coefficient (Wildman–Crippen LogP) is 1.25. The van der Waals surface area contributed by atoms with E-state index < -0.39 is 52.4 Å². The number of carbonyl (C=O) groups excluding carboxylic acids is 2. The number of rotatable bonds is 2. The second-order valence-electron chi connectivity index (χ2n) is 9.75. The van der Waals surface area contributed by atoms with Gasteiger partial charge in [-0.2, -0.15) is 0 Å². The molecule has 0 aliphatic heterocycles. The molecule has 8 atom stereocenters. The molecule has 4 aliphatic carbocycles. The van der Waals surface area contributed by atoms with Crippen molar-refractivity contribution in [3.8, 4) is 0 Å². The molecule has 5 nitrogen and oxygen atoms in total. The molecular weight excluding hydrogens is 386 g/mol. The van der Waals surface area contributed by atoms with Gasteiger partial charge in [-0.05, 0) is 56.6 Å². The summed E-state index contributed by atoms with van der Waals surface area (Å²) in [7, 11) is 0. The molecule has 3 N–H and O–H groups in total. The fourth-order valence-corrected chi connectivity index (χ4v) is 7.26. The maximum atomic E-state index is 16.9. The standard InChI is InChI=1S/C22H29FO5.Na.H/c1-12-8-16-15-5-4-13-9-14(25)6-7-19(13,2)21(15,23)17(26)10-20(16,3)22(12,28)18(27)11-24;;/h6-7,9,12,15-17,24,26,28H,4-5,8,10-11H2,1-3H3;;/t12-,15-,16?,17+,19+,20+,21+,22+;;/m1../s1. The average Bonchev–Trinajstić information content (AvgIpc) is 2.84. The zero-order chi connectivity index (χ0) is 20.7. The molecule has 3 fully saturated rings. The number of carbonyl (C=O) groups is 2. The Balaban J connectivity index is 0.00000240. The summed E-state index contributed by atoms with van der Waals surface area (Å²) in [5, 5.41) is 32.0. The molecule has 7 heteroatoms. The zero-order valence-electron chi connectivity index (χ0n) is 16.6. The van der Waals surface area contributed by atoms with Gasteiger partial charge in [-0.1, -0.05) is 25.5 Å². The van der Waals surface area contributed by atoms with E-state index in [0.29, 0.717) is 24.8 Å².